The van der Waals surface area contributed by atoms with E-state index in [0.29, 0.717) is 17.0 Å². The Hall–Kier alpha value is -3.49. The predicted octanol–water partition coefficient (Wildman–Crippen LogP) is 3.53. The third kappa shape index (κ3) is 4.53. The van der Waals surface area contributed by atoms with Gasteiger partial charge >= 0.3 is 0 Å². The van der Waals surface area contributed by atoms with Gasteiger partial charge in [-0.05, 0) is 48.9 Å². The second kappa shape index (κ2) is 9.17. The van der Waals surface area contributed by atoms with Gasteiger partial charge in [0.1, 0.15) is 11.8 Å². The third-order valence-electron chi connectivity index (χ3n) is 5.61. The molecule has 0 N–H and O–H groups in total. The fraction of sp³-hybridized carbons (Fsp3) is 0.200. The number of rotatable bonds is 7. The Morgan fingerprint density at radius 2 is 1.58 bits per heavy atom. The highest BCUT2D eigenvalue weighted by atomic mass is 32.2. The number of anilines is 1. The van der Waals surface area contributed by atoms with E-state index in [4.69, 9.17) is 4.74 Å². The Bertz CT molecular complexity index is 1260. The van der Waals surface area contributed by atoms with E-state index in [0.717, 1.165) is 14.8 Å². The van der Waals surface area contributed by atoms with E-state index in [1.54, 1.807) is 60.7 Å². The number of hydrogen-bond donors (Lipinski definition) is 0. The van der Waals surface area contributed by atoms with Crippen molar-refractivity contribution in [3.05, 3.63) is 90.0 Å². The molecule has 7 nitrogen and oxygen atoms in total. The molecular formula is C25H24N2O5S. The predicted molar refractivity (Wildman–Crippen MR) is 124 cm³/mol. The molecule has 1 unspecified atom stereocenters. The van der Waals surface area contributed by atoms with Crippen LogP contribution in [0.1, 0.15) is 17.5 Å². The Morgan fingerprint density at radius 3 is 2.18 bits per heavy atom. The van der Waals surface area contributed by atoms with Crippen molar-refractivity contribution in [3.63, 3.8) is 0 Å². The lowest BCUT2D eigenvalue weighted by molar-refractivity contribution is -0.122. The molecular weight excluding hydrogens is 440 g/mol. The second-order valence-electron chi connectivity index (χ2n) is 7.83. The van der Waals surface area contributed by atoms with Crippen LogP contribution in [0.25, 0.3) is 0 Å². The fourth-order valence-electron chi connectivity index (χ4n) is 3.82. The van der Waals surface area contributed by atoms with E-state index in [2.05, 4.69) is 0 Å². The van der Waals surface area contributed by atoms with E-state index in [1.165, 1.54) is 19.2 Å². The smallest absolute Gasteiger partial charge is 0.252 e. The number of hydrogen-bond acceptors (Lipinski definition) is 5. The maximum atomic E-state index is 13.7. The van der Waals surface area contributed by atoms with Crippen LogP contribution in [0.3, 0.4) is 0 Å². The molecule has 33 heavy (non-hydrogen) atoms. The van der Waals surface area contributed by atoms with E-state index in [9.17, 15) is 18.0 Å². The summed E-state index contributed by atoms with van der Waals surface area (Å²) < 4.78 is 33.6. The molecule has 0 aliphatic carbocycles. The first-order valence-corrected chi connectivity index (χ1v) is 11.9. The van der Waals surface area contributed by atoms with E-state index in [-0.39, 0.29) is 17.9 Å². The molecule has 2 amide bonds. The van der Waals surface area contributed by atoms with E-state index in [1.807, 2.05) is 13.0 Å². The number of methoxy groups -OCH3 is 1. The zero-order valence-corrected chi connectivity index (χ0v) is 19.2. The first kappa shape index (κ1) is 22.7. The van der Waals surface area contributed by atoms with Crippen LogP contribution in [0, 0.1) is 6.92 Å². The minimum absolute atomic E-state index is 0.0215. The van der Waals surface area contributed by atoms with Crippen LogP contribution in [-0.4, -0.2) is 37.7 Å². The molecule has 8 heteroatoms. The Labute approximate surface area is 193 Å². The number of imide groups is 1. The van der Waals surface area contributed by atoms with E-state index < -0.39 is 27.9 Å². The van der Waals surface area contributed by atoms with Crippen LogP contribution < -0.4 is 9.64 Å². The molecule has 0 aromatic heterocycles. The zero-order chi connectivity index (χ0) is 23.6. The molecule has 3 aromatic carbocycles. The quantitative estimate of drug-likeness (QED) is 0.500. The van der Waals surface area contributed by atoms with Gasteiger partial charge in [0.2, 0.25) is 15.9 Å². The topological polar surface area (TPSA) is 84.0 Å². The molecule has 4 rings (SSSR count). The number of carbonyl (C=O) groups excluding carboxylic acids is 2. The van der Waals surface area contributed by atoms with Crippen LogP contribution in [-0.2, 0) is 26.2 Å². The molecule has 170 valence electrons. The van der Waals surface area contributed by atoms with Crippen LogP contribution in [0.4, 0.5) is 5.69 Å². The fourth-order valence-corrected chi connectivity index (χ4v) is 5.38. The lowest BCUT2D eigenvalue weighted by Crippen LogP contribution is -2.45. The number of amides is 2. The number of sulfonamides is 1. The first-order valence-electron chi connectivity index (χ1n) is 10.4. The molecule has 0 bridgehead atoms. The van der Waals surface area contributed by atoms with Gasteiger partial charge in [0.05, 0.1) is 24.1 Å². The average molecular weight is 465 g/mol. The lowest BCUT2D eigenvalue weighted by Gasteiger charge is -2.27. The normalized spacial score (nSPS) is 16.5. The SMILES string of the molecule is COc1ccc(S(=O)(=O)N(Cc2ccccc2)C2CC(=O)N(c3ccc(C)cc3)C2=O)cc1. The number of nitrogens with zero attached hydrogens (tertiary/aromatic N) is 2. The number of ether oxygens (including phenoxy) is 1. The summed E-state index contributed by atoms with van der Waals surface area (Å²) in [5, 5.41) is 0. The largest absolute Gasteiger partial charge is 0.497 e. The molecule has 0 saturated carbocycles. The average Bonchev–Trinajstić information content (AvgIpc) is 3.12. The van der Waals surface area contributed by atoms with Crippen molar-refractivity contribution < 1.29 is 22.7 Å². The van der Waals surface area contributed by atoms with Crippen molar-refractivity contribution >= 4 is 27.5 Å². The Balaban J connectivity index is 1.73. The summed E-state index contributed by atoms with van der Waals surface area (Å²) >= 11 is 0. The van der Waals surface area contributed by atoms with Gasteiger partial charge in [0.25, 0.3) is 5.91 Å². The molecule has 1 saturated heterocycles. The highest BCUT2D eigenvalue weighted by Crippen LogP contribution is 2.31. The minimum atomic E-state index is -4.10. The van der Waals surface area contributed by atoms with Crippen LogP contribution in [0.15, 0.2) is 83.8 Å². The molecule has 1 heterocycles. The summed E-state index contributed by atoms with van der Waals surface area (Å²) in [6, 6.07) is 20.8. The summed E-state index contributed by atoms with van der Waals surface area (Å²) in [4.78, 5) is 27.3. The second-order valence-corrected chi connectivity index (χ2v) is 9.72. The van der Waals surface area contributed by atoms with Gasteiger partial charge in [-0.1, -0.05) is 48.0 Å². The van der Waals surface area contributed by atoms with Crippen molar-refractivity contribution in [1.82, 2.24) is 4.31 Å². The van der Waals surface area contributed by atoms with Gasteiger partial charge < -0.3 is 4.74 Å². The third-order valence-corrected chi connectivity index (χ3v) is 7.48. The lowest BCUT2D eigenvalue weighted by atomic mass is 10.2. The van der Waals surface area contributed by atoms with Gasteiger partial charge in [-0.3, -0.25) is 9.59 Å². The summed E-state index contributed by atoms with van der Waals surface area (Å²) in [5.74, 6) is -0.477. The molecule has 0 radical (unpaired) electrons. The number of carbonyl (C=O) groups is 2. The van der Waals surface area contributed by atoms with Gasteiger partial charge in [-0.15, -0.1) is 0 Å². The molecule has 1 fully saturated rings. The number of benzene rings is 3. The van der Waals surface area contributed by atoms with Gasteiger partial charge in [-0.25, -0.2) is 13.3 Å². The zero-order valence-electron chi connectivity index (χ0n) is 18.3. The van der Waals surface area contributed by atoms with E-state index >= 15 is 0 Å². The monoisotopic (exact) mass is 464 g/mol. The number of aryl methyl sites for hydroxylation is 1. The van der Waals surface area contributed by atoms with Crippen molar-refractivity contribution in [2.45, 2.75) is 30.8 Å². The van der Waals surface area contributed by atoms with Crippen LogP contribution >= 0.6 is 0 Å². The standard InChI is InChI=1S/C25H24N2O5S/c1-18-8-10-20(11-9-18)27-24(28)16-23(25(27)29)26(17-19-6-4-3-5-7-19)33(30,31)22-14-12-21(32-2)13-15-22/h3-15,23H,16-17H2,1-2H3. The summed E-state index contributed by atoms with van der Waals surface area (Å²) in [5.41, 5.74) is 2.13. The van der Waals surface area contributed by atoms with Crippen LogP contribution in [0.2, 0.25) is 0 Å². The van der Waals surface area contributed by atoms with Crippen molar-refractivity contribution in [3.8, 4) is 5.75 Å². The molecule has 1 aliphatic rings. The summed E-state index contributed by atoms with van der Waals surface area (Å²) in [6.45, 7) is 1.86. The minimum Gasteiger partial charge on any atom is -0.497 e. The highest BCUT2D eigenvalue weighted by molar-refractivity contribution is 7.89. The molecule has 3 aromatic rings. The summed E-state index contributed by atoms with van der Waals surface area (Å²) in [6.07, 6.45) is -0.227. The Morgan fingerprint density at radius 1 is 0.939 bits per heavy atom. The maximum Gasteiger partial charge on any atom is 0.252 e. The van der Waals surface area contributed by atoms with Gasteiger partial charge in [-0.2, -0.15) is 4.31 Å². The molecule has 1 aliphatic heterocycles. The highest BCUT2D eigenvalue weighted by Gasteiger charge is 2.47. The summed E-state index contributed by atoms with van der Waals surface area (Å²) in [7, 11) is -2.60. The van der Waals surface area contributed by atoms with Gasteiger partial charge in [0, 0.05) is 6.54 Å². The van der Waals surface area contributed by atoms with Crippen molar-refractivity contribution in [2.75, 3.05) is 12.0 Å². The Kier molecular flexibility index (Phi) is 6.31. The molecule has 0 spiro atoms. The van der Waals surface area contributed by atoms with Gasteiger partial charge in [0.15, 0.2) is 0 Å². The molecule has 1 atom stereocenters. The maximum absolute atomic E-state index is 13.7. The van der Waals surface area contributed by atoms with Crippen molar-refractivity contribution in [1.29, 1.82) is 0 Å². The van der Waals surface area contributed by atoms with Crippen LogP contribution in [0.5, 0.6) is 5.75 Å². The first-order chi connectivity index (χ1) is 15.8. The van der Waals surface area contributed by atoms with Crippen molar-refractivity contribution in [2.24, 2.45) is 0 Å².